The molecule has 2 heterocycles. The van der Waals surface area contributed by atoms with Gasteiger partial charge in [0.15, 0.2) is 5.82 Å². The lowest BCUT2D eigenvalue weighted by atomic mass is 10.2. The summed E-state index contributed by atoms with van der Waals surface area (Å²) in [5.74, 6) is 2.75. The van der Waals surface area contributed by atoms with Crippen LogP contribution >= 0.6 is 0 Å². The lowest BCUT2D eigenvalue weighted by Crippen LogP contribution is -2.32. The monoisotopic (exact) mass is 244 g/mol. The third kappa shape index (κ3) is 1.76. The fourth-order valence-electron chi connectivity index (χ4n) is 2.32. The number of nitrogens with one attached hydrogen (secondary N) is 1. The normalized spacial score (nSPS) is 18.4. The lowest BCUT2D eigenvalue weighted by molar-refractivity contribution is 0.415. The summed E-state index contributed by atoms with van der Waals surface area (Å²) in [7, 11) is 1.67. The largest absolute Gasteiger partial charge is 0.497 e. The van der Waals surface area contributed by atoms with Gasteiger partial charge < -0.3 is 14.6 Å². The highest BCUT2D eigenvalue weighted by Crippen LogP contribution is 2.25. The molecule has 18 heavy (non-hydrogen) atoms. The highest BCUT2D eigenvalue weighted by atomic mass is 16.5. The molecule has 0 spiro atoms. The summed E-state index contributed by atoms with van der Waals surface area (Å²) >= 11 is 0. The van der Waals surface area contributed by atoms with E-state index in [4.69, 9.17) is 4.74 Å². The minimum atomic E-state index is 0.255. The van der Waals surface area contributed by atoms with Gasteiger partial charge in [-0.3, -0.25) is 0 Å². The summed E-state index contributed by atoms with van der Waals surface area (Å²) in [5.41, 5.74) is 1.04. The number of nitrogens with zero attached hydrogens (tertiary/aromatic N) is 3. The second kappa shape index (κ2) is 4.42. The Labute approximate surface area is 106 Å². The molecule has 5 heteroatoms. The van der Waals surface area contributed by atoms with Gasteiger partial charge in [0.25, 0.3) is 0 Å². The Balaban J connectivity index is 2.06. The summed E-state index contributed by atoms with van der Waals surface area (Å²) in [6.45, 7) is 3.96. The maximum absolute atomic E-state index is 5.25. The predicted molar refractivity (Wildman–Crippen MR) is 68.4 cm³/mol. The van der Waals surface area contributed by atoms with E-state index in [0.717, 1.165) is 36.1 Å². The number of methoxy groups -OCH3 is 1. The molecule has 0 amide bonds. The quantitative estimate of drug-likeness (QED) is 0.872. The van der Waals surface area contributed by atoms with Gasteiger partial charge in [-0.15, -0.1) is 10.2 Å². The molecule has 0 aliphatic carbocycles. The minimum Gasteiger partial charge on any atom is -0.497 e. The number of rotatable bonds is 2. The summed E-state index contributed by atoms with van der Waals surface area (Å²) in [4.78, 5) is 0. The zero-order chi connectivity index (χ0) is 12.5. The molecular weight excluding hydrogens is 228 g/mol. The van der Waals surface area contributed by atoms with Crippen LogP contribution in [0.4, 0.5) is 0 Å². The van der Waals surface area contributed by atoms with E-state index in [1.165, 1.54) is 0 Å². The van der Waals surface area contributed by atoms with E-state index >= 15 is 0 Å². The Morgan fingerprint density at radius 1 is 1.39 bits per heavy atom. The maximum atomic E-state index is 5.25. The Morgan fingerprint density at radius 3 is 3.11 bits per heavy atom. The molecule has 0 radical (unpaired) electrons. The van der Waals surface area contributed by atoms with Crippen molar-refractivity contribution in [2.75, 3.05) is 13.7 Å². The molecule has 5 nitrogen and oxygen atoms in total. The van der Waals surface area contributed by atoms with Crippen LogP contribution < -0.4 is 10.1 Å². The van der Waals surface area contributed by atoms with Crippen LogP contribution in [0.25, 0.3) is 11.4 Å². The molecule has 1 aromatic carbocycles. The molecule has 2 aromatic rings. The molecule has 0 saturated carbocycles. The molecule has 1 aromatic heterocycles. The molecule has 1 aliphatic heterocycles. The summed E-state index contributed by atoms with van der Waals surface area (Å²) in [6.07, 6.45) is 0. The van der Waals surface area contributed by atoms with Gasteiger partial charge in [0, 0.05) is 18.7 Å². The first kappa shape index (κ1) is 11.2. The number of aromatic nitrogens is 3. The van der Waals surface area contributed by atoms with Crippen LogP contribution in [0.2, 0.25) is 0 Å². The average molecular weight is 244 g/mol. The van der Waals surface area contributed by atoms with Gasteiger partial charge in [0.05, 0.1) is 13.2 Å². The number of ether oxygens (including phenoxy) is 1. The fourth-order valence-corrected chi connectivity index (χ4v) is 2.32. The van der Waals surface area contributed by atoms with Crippen molar-refractivity contribution in [2.45, 2.75) is 19.5 Å². The van der Waals surface area contributed by atoms with Crippen LogP contribution in [0.5, 0.6) is 5.75 Å². The van der Waals surface area contributed by atoms with Crippen molar-refractivity contribution in [3.05, 3.63) is 30.1 Å². The number of hydrogen-bond donors (Lipinski definition) is 1. The van der Waals surface area contributed by atoms with Crippen molar-refractivity contribution in [1.29, 1.82) is 0 Å². The molecule has 3 rings (SSSR count). The van der Waals surface area contributed by atoms with E-state index in [1.54, 1.807) is 7.11 Å². The molecule has 94 valence electrons. The van der Waals surface area contributed by atoms with Gasteiger partial charge >= 0.3 is 0 Å². The molecule has 1 N–H and O–H groups in total. The third-order valence-corrected chi connectivity index (χ3v) is 3.28. The first-order valence-electron chi connectivity index (χ1n) is 6.10. The van der Waals surface area contributed by atoms with E-state index in [0.29, 0.717) is 0 Å². The summed E-state index contributed by atoms with van der Waals surface area (Å²) in [6, 6.07) is 8.18. The van der Waals surface area contributed by atoms with Crippen molar-refractivity contribution in [3.63, 3.8) is 0 Å². The van der Waals surface area contributed by atoms with Crippen LogP contribution in [-0.4, -0.2) is 28.4 Å². The second-order valence-corrected chi connectivity index (χ2v) is 4.44. The van der Waals surface area contributed by atoms with Gasteiger partial charge in [0.2, 0.25) is 0 Å². The van der Waals surface area contributed by atoms with Crippen LogP contribution in [-0.2, 0) is 6.54 Å². The maximum Gasteiger partial charge on any atom is 0.164 e. The van der Waals surface area contributed by atoms with E-state index < -0.39 is 0 Å². The number of hydrogen-bond acceptors (Lipinski definition) is 4. The van der Waals surface area contributed by atoms with E-state index in [2.05, 4.69) is 27.0 Å². The smallest absolute Gasteiger partial charge is 0.164 e. The van der Waals surface area contributed by atoms with E-state index in [1.807, 2.05) is 24.3 Å². The lowest BCUT2D eigenvalue weighted by Gasteiger charge is -2.21. The standard InChI is InChI=1S/C13H16N4O/c1-9-12-15-16-13(17(12)7-6-14-9)10-4-3-5-11(8-10)18-2/h3-5,8-9,14H,6-7H2,1-2H3. The van der Waals surface area contributed by atoms with E-state index in [-0.39, 0.29) is 6.04 Å². The first-order valence-corrected chi connectivity index (χ1v) is 6.10. The zero-order valence-electron chi connectivity index (χ0n) is 10.6. The Hall–Kier alpha value is -1.88. The Bertz CT molecular complexity index is 564. The average Bonchev–Trinajstić information content (AvgIpc) is 2.84. The van der Waals surface area contributed by atoms with Crippen LogP contribution in [0.1, 0.15) is 18.8 Å². The van der Waals surface area contributed by atoms with Crippen LogP contribution in [0.3, 0.4) is 0 Å². The van der Waals surface area contributed by atoms with Gasteiger partial charge in [-0.25, -0.2) is 0 Å². The molecule has 0 fully saturated rings. The third-order valence-electron chi connectivity index (χ3n) is 3.28. The van der Waals surface area contributed by atoms with Crippen molar-refractivity contribution >= 4 is 0 Å². The van der Waals surface area contributed by atoms with E-state index in [9.17, 15) is 0 Å². The zero-order valence-corrected chi connectivity index (χ0v) is 10.6. The highest BCUT2D eigenvalue weighted by molar-refractivity contribution is 5.58. The van der Waals surface area contributed by atoms with Gasteiger partial charge in [0.1, 0.15) is 11.6 Å². The molecule has 1 unspecified atom stereocenters. The summed E-state index contributed by atoms with van der Waals surface area (Å²) in [5, 5.41) is 12.0. The Morgan fingerprint density at radius 2 is 2.28 bits per heavy atom. The number of benzene rings is 1. The summed E-state index contributed by atoms with van der Waals surface area (Å²) < 4.78 is 7.42. The second-order valence-electron chi connectivity index (χ2n) is 4.44. The van der Waals surface area contributed by atoms with Crippen molar-refractivity contribution in [1.82, 2.24) is 20.1 Å². The number of fused-ring (bicyclic) bond motifs is 1. The van der Waals surface area contributed by atoms with Crippen LogP contribution in [0.15, 0.2) is 24.3 Å². The Kier molecular flexibility index (Phi) is 2.76. The predicted octanol–water partition coefficient (Wildman–Crippen LogP) is 1.62. The first-order chi connectivity index (χ1) is 8.79. The van der Waals surface area contributed by atoms with Gasteiger partial charge in [-0.05, 0) is 19.1 Å². The molecule has 1 aliphatic rings. The van der Waals surface area contributed by atoms with Gasteiger partial charge in [-0.1, -0.05) is 12.1 Å². The molecule has 1 atom stereocenters. The van der Waals surface area contributed by atoms with Crippen LogP contribution in [0, 0.1) is 0 Å². The fraction of sp³-hybridized carbons (Fsp3) is 0.385. The molecule has 0 bridgehead atoms. The van der Waals surface area contributed by atoms with Gasteiger partial charge in [-0.2, -0.15) is 0 Å². The van der Waals surface area contributed by atoms with Crippen molar-refractivity contribution in [3.8, 4) is 17.1 Å². The highest BCUT2D eigenvalue weighted by Gasteiger charge is 2.21. The van der Waals surface area contributed by atoms with Crippen molar-refractivity contribution in [2.24, 2.45) is 0 Å². The van der Waals surface area contributed by atoms with Crippen molar-refractivity contribution < 1.29 is 4.74 Å². The molecule has 0 saturated heterocycles. The minimum absolute atomic E-state index is 0.255. The SMILES string of the molecule is COc1cccc(-c2nnc3n2CCNC3C)c1. The molecular formula is C13H16N4O. The topological polar surface area (TPSA) is 52.0 Å².